The number of carbonyl (C=O) groups excluding carboxylic acids is 3. The molecule has 1 saturated heterocycles. The molecule has 0 saturated carbocycles. The molecule has 37 heavy (non-hydrogen) atoms. The summed E-state index contributed by atoms with van der Waals surface area (Å²) in [5.74, 6) is 2.89. The molecule has 2 aliphatic rings. The van der Waals surface area contributed by atoms with Crippen LogP contribution < -0.4 is 15.0 Å². The third-order valence-electron chi connectivity index (χ3n) is 6.28. The van der Waals surface area contributed by atoms with Gasteiger partial charge in [-0.1, -0.05) is 18.2 Å². The van der Waals surface area contributed by atoms with Gasteiger partial charge in [-0.2, -0.15) is 16.9 Å². The Hall–Kier alpha value is -4.37. The van der Waals surface area contributed by atoms with Crippen molar-refractivity contribution in [2.75, 3.05) is 10.2 Å². The molecule has 0 atom stereocenters. The molecule has 1 N–H and O–H groups in total. The second kappa shape index (κ2) is 9.59. The van der Waals surface area contributed by atoms with Crippen LogP contribution in [-0.4, -0.2) is 27.5 Å². The van der Waals surface area contributed by atoms with Gasteiger partial charge >= 0.3 is 0 Å². The van der Waals surface area contributed by atoms with Gasteiger partial charge in [0.1, 0.15) is 17.3 Å². The first kappa shape index (κ1) is 23.1. The molecule has 0 unspecified atom stereocenters. The molecule has 1 aromatic heterocycles. The van der Waals surface area contributed by atoms with E-state index in [1.807, 2.05) is 54.6 Å². The van der Waals surface area contributed by atoms with Crippen LogP contribution in [0.1, 0.15) is 34.5 Å². The number of rotatable bonds is 6. The number of aromatic nitrogens is 2. The SMILES string of the molecule is O=C(Nc1c2c(nn1-c1ccc(Oc3ccccc3)cc1)CSC2)c1ccc(N2C(=O)CCC2=O)cc1. The maximum atomic E-state index is 13.2. The number of hydrogen-bond acceptors (Lipinski definition) is 6. The first-order chi connectivity index (χ1) is 18.1. The Morgan fingerprint density at radius 2 is 1.46 bits per heavy atom. The molecule has 8 nitrogen and oxygen atoms in total. The number of hydrogen-bond donors (Lipinski definition) is 1. The molecule has 3 heterocycles. The zero-order chi connectivity index (χ0) is 25.4. The van der Waals surface area contributed by atoms with E-state index in [2.05, 4.69) is 5.32 Å². The van der Waals surface area contributed by atoms with Gasteiger partial charge in [0.25, 0.3) is 5.91 Å². The average molecular weight is 511 g/mol. The van der Waals surface area contributed by atoms with Gasteiger partial charge in [-0.05, 0) is 60.7 Å². The standard InChI is InChI=1S/C28H22N4O4S/c33-25-14-15-26(34)31(25)19-8-6-18(7-9-19)28(35)29-27-23-16-37-17-24(23)30-32(27)20-10-12-22(13-11-20)36-21-4-2-1-3-5-21/h1-13H,14-17H2,(H,29,35). The molecule has 3 amide bonds. The summed E-state index contributed by atoms with van der Waals surface area (Å²) in [5.41, 5.74) is 3.65. The van der Waals surface area contributed by atoms with Crippen LogP contribution in [0.3, 0.4) is 0 Å². The normalized spacial score (nSPS) is 14.6. The highest BCUT2D eigenvalue weighted by molar-refractivity contribution is 7.98. The van der Waals surface area contributed by atoms with Crippen LogP contribution in [0.5, 0.6) is 11.5 Å². The molecule has 184 valence electrons. The summed E-state index contributed by atoms with van der Waals surface area (Å²) in [5, 5.41) is 7.80. The van der Waals surface area contributed by atoms with Gasteiger partial charge in [0, 0.05) is 35.5 Å². The van der Waals surface area contributed by atoms with Crippen LogP contribution in [-0.2, 0) is 21.1 Å². The topological polar surface area (TPSA) is 93.5 Å². The van der Waals surface area contributed by atoms with Crippen molar-refractivity contribution in [3.8, 4) is 17.2 Å². The number of ether oxygens (including phenoxy) is 1. The molecule has 3 aromatic carbocycles. The summed E-state index contributed by atoms with van der Waals surface area (Å²) < 4.78 is 7.65. The van der Waals surface area contributed by atoms with Crippen LogP contribution >= 0.6 is 11.8 Å². The highest BCUT2D eigenvalue weighted by Gasteiger charge is 2.30. The van der Waals surface area contributed by atoms with E-state index in [9.17, 15) is 14.4 Å². The van der Waals surface area contributed by atoms with E-state index in [4.69, 9.17) is 9.84 Å². The quantitative estimate of drug-likeness (QED) is 0.353. The summed E-state index contributed by atoms with van der Waals surface area (Å²) in [4.78, 5) is 38.4. The monoisotopic (exact) mass is 510 g/mol. The van der Waals surface area contributed by atoms with E-state index in [0.29, 0.717) is 22.8 Å². The number of imide groups is 1. The highest BCUT2D eigenvalue weighted by Crippen LogP contribution is 2.36. The van der Waals surface area contributed by atoms with Crippen LogP contribution in [0.2, 0.25) is 0 Å². The third-order valence-corrected chi connectivity index (χ3v) is 7.25. The minimum Gasteiger partial charge on any atom is -0.457 e. The number of para-hydroxylation sites is 1. The lowest BCUT2D eigenvalue weighted by molar-refractivity contribution is -0.121. The maximum absolute atomic E-state index is 13.2. The maximum Gasteiger partial charge on any atom is 0.256 e. The Morgan fingerprint density at radius 1 is 0.811 bits per heavy atom. The molecule has 0 spiro atoms. The summed E-state index contributed by atoms with van der Waals surface area (Å²) in [7, 11) is 0. The van der Waals surface area contributed by atoms with Crippen LogP contribution in [0.15, 0.2) is 78.9 Å². The number of nitrogens with one attached hydrogen (secondary N) is 1. The largest absolute Gasteiger partial charge is 0.457 e. The number of fused-ring (bicyclic) bond motifs is 1. The molecule has 9 heteroatoms. The number of amides is 3. The molecule has 4 aromatic rings. The Labute approximate surface area is 217 Å². The van der Waals surface area contributed by atoms with E-state index in [-0.39, 0.29) is 30.6 Å². The van der Waals surface area contributed by atoms with Crippen molar-refractivity contribution >= 4 is 41.0 Å². The number of benzene rings is 3. The van der Waals surface area contributed by atoms with E-state index >= 15 is 0 Å². The molecule has 0 bridgehead atoms. The lowest BCUT2D eigenvalue weighted by Crippen LogP contribution is -2.28. The number of nitrogens with zero attached hydrogens (tertiary/aromatic N) is 3. The molecular formula is C28H22N4O4S. The van der Waals surface area contributed by atoms with E-state index in [1.165, 1.54) is 4.90 Å². The van der Waals surface area contributed by atoms with Crippen LogP contribution in [0.25, 0.3) is 5.69 Å². The molecule has 0 radical (unpaired) electrons. The molecule has 0 aliphatic carbocycles. The van der Waals surface area contributed by atoms with Gasteiger partial charge in [-0.25, -0.2) is 4.68 Å². The van der Waals surface area contributed by atoms with Gasteiger partial charge in [0.15, 0.2) is 0 Å². The fraction of sp³-hybridized carbons (Fsp3) is 0.143. The van der Waals surface area contributed by atoms with Crippen LogP contribution in [0, 0.1) is 0 Å². The smallest absolute Gasteiger partial charge is 0.256 e. The predicted molar refractivity (Wildman–Crippen MR) is 141 cm³/mol. The van der Waals surface area contributed by atoms with Crippen molar-refractivity contribution in [3.63, 3.8) is 0 Å². The fourth-order valence-electron chi connectivity index (χ4n) is 4.41. The van der Waals surface area contributed by atoms with E-state index < -0.39 is 0 Å². The minimum atomic E-state index is -0.296. The highest BCUT2D eigenvalue weighted by atomic mass is 32.2. The lowest BCUT2D eigenvalue weighted by Gasteiger charge is -2.15. The van der Waals surface area contributed by atoms with E-state index in [1.54, 1.807) is 40.7 Å². The predicted octanol–water partition coefficient (Wildman–Crippen LogP) is 5.32. The minimum absolute atomic E-state index is 0.216. The summed E-state index contributed by atoms with van der Waals surface area (Å²) >= 11 is 1.75. The van der Waals surface area contributed by atoms with Crippen LogP contribution in [0.4, 0.5) is 11.5 Å². The second-order valence-corrected chi connectivity index (χ2v) is 9.70. The first-order valence-electron chi connectivity index (χ1n) is 11.9. The van der Waals surface area contributed by atoms with Crippen molar-refractivity contribution in [1.29, 1.82) is 0 Å². The van der Waals surface area contributed by atoms with Crippen molar-refractivity contribution in [1.82, 2.24) is 9.78 Å². The van der Waals surface area contributed by atoms with Crippen molar-refractivity contribution in [2.24, 2.45) is 0 Å². The molecular weight excluding hydrogens is 488 g/mol. The number of anilines is 2. The Balaban J connectivity index is 1.24. The number of thioether (sulfide) groups is 1. The van der Waals surface area contributed by atoms with Gasteiger partial charge in [-0.3, -0.25) is 19.3 Å². The van der Waals surface area contributed by atoms with Gasteiger partial charge < -0.3 is 10.1 Å². The Kier molecular flexibility index (Phi) is 5.97. The molecule has 1 fully saturated rings. The van der Waals surface area contributed by atoms with Gasteiger partial charge in [-0.15, -0.1) is 0 Å². The zero-order valence-electron chi connectivity index (χ0n) is 19.7. The Bertz CT molecular complexity index is 1480. The summed E-state index contributed by atoms with van der Waals surface area (Å²) in [6, 6.07) is 23.6. The van der Waals surface area contributed by atoms with Gasteiger partial charge in [0.2, 0.25) is 11.8 Å². The zero-order valence-corrected chi connectivity index (χ0v) is 20.5. The summed E-state index contributed by atoms with van der Waals surface area (Å²) in [6.07, 6.45) is 0.432. The van der Waals surface area contributed by atoms with E-state index in [0.717, 1.165) is 34.2 Å². The summed E-state index contributed by atoms with van der Waals surface area (Å²) in [6.45, 7) is 0. The van der Waals surface area contributed by atoms with Crippen molar-refractivity contribution < 1.29 is 19.1 Å². The average Bonchev–Trinajstić information content (AvgIpc) is 3.61. The van der Waals surface area contributed by atoms with Crippen molar-refractivity contribution in [3.05, 3.63) is 95.7 Å². The first-order valence-corrected chi connectivity index (χ1v) is 13.0. The fourth-order valence-corrected chi connectivity index (χ4v) is 5.45. The molecule has 6 rings (SSSR count). The lowest BCUT2D eigenvalue weighted by atomic mass is 10.1. The van der Waals surface area contributed by atoms with Crippen molar-refractivity contribution in [2.45, 2.75) is 24.3 Å². The number of carbonyl (C=O) groups is 3. The van der Waals surface area contributed by atoms with Gasteiger partial charge in [0.05, 0.1) is 17.1 Å². The second-order valence-electron chi connectivity index (χ2n) is 8.71. The third kappa shape index (κ3) is 4.49. The Morgan fingerprint density at radius 3 is 2.16 bits per heavy atom. The molecule has 2 aliphatic heterocycles.